The molecule has 1 heterocycles. The number of carbonyl (C=O) groups excluding carboxylic acids is 2. The first-order valence-corrected chi connectivity index (χ1v) is 5.24. The Balaban J connectivity index is 2.19. The zero-order chi connectivity index (χ0) is 11.1. The molecule has 0 bridgehead atoms. The quantitative estimate of drug-likeness (QED) is 0.549. The van der Waals surface area contributed by atoms with Crippen LogP contribution in [-0.4, -0.2) is 56.1 Å². The van der Waals surface area contributed by atoms with Gasteiger partial charge in [-0.25, -0.2) is 4.79 Å². The first-order chi connectivity index (χ1) is 7.24. The molecule has 86 valence electrons. The van der Waals surface area contributed by atoms with E-state index in [9.17, 15) is 9.59 Å². The predicted molar refractivity (Wildman–Crippen MR) is 56.5 cm³/mol. The van der Waals surface area contributed by atoms with Gasteiger partial charge in [0.1, 0.15) is 0 Å². The summed E-state index contributed by atoms with van der Waals surface area (Å²) >= 11 is 0. The van der Waals surface area contributed by atoms with Crippen LogP contribution in [0.4, 0.5) is 4.79 Å². The Kier molecular flexibility index (Phi) is 4.89. The molecule has 3 N–H and O–H groups in total. The lowest BCUT2D eigenvalue weighted by atomic mass is 10.3. The Bertz CT molecular complexity index is 226. The summed E-state index contributed by atoms with van der Waals surface area (Å²) in [7, 11) is 0. The molecular weight excluding hydrogens is 196 g/mol. The van der Waals surface area contributed by atoms with Crippen LogP contribution >= 0.6 is 0 Å². The summed E-state index contributed by atoms with van der Waals surface area (Å²) in [6.07, 6.45) is 0. The number of urea groups is 1. The van der Waals surface area contributed by atoms with Crippen LogP contribution in [0.2, 0.25) is 0 Å². The minimum atomic E-state index is -0.291. The predicted octanol–water partition coefficient (Wildman–Crippen LogP) is -1.26. The van der Waals surface area contributed by atoms with E-state index in [0.29, 0.717) is 6.54 Å². The van der Waals surface area contributed by atoms with Crippen molar-refractivity contribution in [3.8, 4) is 0 Å². The summed E-state index contributed by atoms with van der Waals surface area (Å²) in [5.41, 5.74) is 0. The molecule has 1 aliphatic heterocycles. The van der Waals surface area contributed by atoms with Crippen LogP contribution < -0.4 is 16.0 Å². The standard InChI is InChI=1S/C9H18N4O2/c1-2-11-9(15)12-7-8(14)13-5-3-10-4-6-13/h10H,2-7H2,1H3,(H2,11,12,15). The largest absolute Gasteiger partial charge is 0.339 e. The van der Waals surface area contributed by atoms with Crippen LogP contribution in [0.25, 0.3) is 0 Å². The number of nitrogens with one attached hydrogen (secondary N) is 3. The highest BCUT2D eigenvalue weighted by atomic mass is 16.2. The summed E-state index contributed by atoms with van der Waals surface area (Å²) in [6, 6.07) is -0.291. The van der Waals surface area contributed by atoms with Crippen molar-refractivity contribution in [3.05, 3.63) is 0 Å². The normalized spacial score (nSPS) is 15.9. The van der Waals surface area contributed by atoms with Gasteiger partial charge < -0.3 is 20.9 Å². The lowest BCUT2D eigenvalue weighted by molar-refractivity contribution is -0.130. The molecule has 0 aliphatic carbocycles. The number of amides is 3. The Morgan fingerprint density at radius 2 is 1.93 bits per heavy atom. The highest BCUT2D eigenvalue weighted by Crippen LogP contribution is 1.91. The third kappa shape index (κ3) is 4.16. The molecule has 15 heavy (non-hydrogen) atoms. The summed E-state index contributed by atoms with van der Waals surface area (Å²) in [4.78, 5) is 24.3. The van der Waals surface area contributed by atoms with Gasteiger partial charge in [0.15, 0.2) is 0 Å². The van der Waals surface area contributed by atoms with Crippen molar-refractivity contribution in [2.75, 3.05) is 39.3 Å². The minimum absolute atomic E-state index is 0.0252. The number of rotatable bonds is 3. The average Bonchev–Trinajstić information content (AvgIpc) is 2.27. The van der Waals surface area contributed by atoms with E-state index in [1.807, 2.05) is 6.92 Å². The van der Waals surface area contributed by atoms with Crippen molar-refractivity contribution < 1.29 is 9.59 Å². The maximum Gasteiger partial charge on any atom is 0.315 e. The van der Waals surface area contributed by atoms with Gasteiger partial charge in [-0.3, -0.25) is 4.79 Å². The van der Waals surface area contributed by atoms with E-state index in [1.165, 1.54) is 0 Å². The van der Waals surface area contributed by atoms with Gasteiger partial charge in [-0.2, -0.15) is 0 Å². The minimum Gasteiger partial charge on any atom is -0.339 e. The van der Waals surface area contributed by atoms with Crippen molar-refractivity contribution in [2.24, 2.45) is 0 Å². The van der Waals surface area contributed by atoms with Gasteiger partial charge in [0.25, 0.3) is 0 Å². The van der Waals surface area contributed by atoms with Crippen molar-refractivity contribution in [2.45, 2.75) is 6.92 Å². The van der Waals surface area contributed by atoms with Crippen molar-refractivity contribution in [1.29, 1.82) is 0 Å². The molecule has 0 aromatic heterocycles. The van der Waals surface area contributed by atoms with Crippen LogP contribution in [0.5, 0.6) is 0 Å². The molecule has 3 amide bonds. The third-order valence-electron chi connectivity index (χ3n) is 2.21. The molecule has 0 aromatic rings. The van der Waals surface area contributed by atoms with Gasteiger partial charge in [-0.1, -0.05) is 0 Å². The molecule has 0 aromatic carbocycles. The Morgan fingerprint density at radius 1 is 1.27 bits per heavy atom. The maximum atomic E-state index is 11.6. The van der Waals surface area contributed by atoms with E-state index in [1.54, 1.807) is 4.90 Å². The van der Waals surface area contributed by atoms with Gasteiger partial charge in [0.05, 0.1) is 6.54 Å². The second-order valence-corrected chi connectivity index (χ2v) is 3.34. The number of nitrogens with zero attached hydrogens (tertiary/aromatic N) is 1. The molecule has 1 saturated heterocycles. The van der Waals surface area contributed by atoms with Crippen LogP contribution in [0.15, 0.2) is 0 Å². The highest BCUT2D eigenvalue weighted by Gasteiger charge is 2.15. The molecule has 0 unspecified atom stereocenters. The zero-order valence-electron chi connectivity index (χ0n) is 9.01. The highest BCUT2D eigenvalue weighted by molar-refractivity contribution is 5.84. The van der Waals surface area contributed by atoms with E-state index in [-0.39, 0.29) is 18.5 Å². The lowest BCUT2D eigenvalue weighted by Crippen LogP contribution is -2.50. The smallest absolute Gasteiger partial charge is 0.315 e. The van der Waals surface area contributed by atoms with E-state index < -0.39 is 0 Å². The first-order valence-electron chi connectivity index (χ1n) is 5.24. The zero-order valence-corrected chi connectivity index (χ0v) is 9.01. The Labute approximate surface area is 89.4 Å². The number of hydrogen-bond acceptors (Lipinski definition) is 3. The van der Waals surface area contributed by atoms with Crippen LogP contribution in [0, 0.1) is 0 Å². The fraction of sp³-hybridized carbons (Fsp3) is 0.778. The van der Waals surface area contributed by atoms with Gasteiger partial charge in [-0.05, 0) is 6.92 Å². The number of piperazine rings is 1. The second-order valence-electron chi connectivity index (χ2n) is 3.34. The topological polar surface area (TPSA) is 73.5 Å². The molecule has 1 fully saturated rings. The van der Waals surface area contributed by atoms with Gasteiger partial charge in [0.2, 0.25) is 5.91 Å². The van der Waals surface area contributed by atoms with Crippen molar-refractivity contribution in [3.63, 3.8) is 0 Å². The number of carbonyl (C=O) groups is 2. The van der Waals surface area contributed by atoms with E-state index in [2.05, 4.69) is 16.0 Å². The van der Waals surface area contributed by atoms with Gasteiger partial charge in [0, 0.05) is 32.7 Å². The van der Waals surface area contributed by atoms with Crippen LogP contribution in [0.1, 0.15) is 6.92 Å². The molecule has 6 nitrogen and oxygen atoms in total. The fourth-order valence-electron chi connectivity index (χ4n) is 1.40. The number of hydrogen-bond donors (Lipinski definition) is 3. The fourth-order valence-corrected chi connectivity index (χ4v) is 1.40. The monoisotopic (exact) mass is 214 g/mol. The molecule has 0 saturated carbocycles. The van der Waals surface area contributed by atoms with Crippen LogP contribution in [-0.2, 0) is 4.79 Å². The Morgan fingerprint density at radius 3 is 2.53 bits per heavy atom. The average molecular weight is 214 g/mol. The summed E-state index contributed by atoms with van der Waals surface area (Å²) < 4.78 is 0. The van der Waals surface area contributed by atoms with E-state index >= 15 is 0 Å². The lowest BCUT2D eigenvalue weighted by Gasteiger charge is -2.27. The molecule has 0 spiro atoms. The molecule has 1 rings (SSSR count). The molecule has 0 radical (unpaired) electrons. The van der Waals surface area contributed by atoms with E-state index in [0.717, 1.165) is 26.2 Å². The molecular formula is C9H18N4O2. The first kappa shape index (κ1) is 11.8. The molecule has 1 aliphatic rings. The molecule has 0 atom stereocenters. The van der Waals surface area contributed by atoms with Crippen LogP contribution in [0.3, 0.4) is 0 Å². The summed E-state index contributed by atoms with van der Waals surface area (Å²) in [6.45, 7) is 5.56. The molecule has 6 heteroatoms. The van der Waals surface area contributed by atoms with Gasteiger partial charge >= 0.3 is 6.03 Å². The summed E-state index contributed by atoms with van der Waals surface area (Å²) in [5, 5.41) is 8.25. The van der Waals surface area contributed by atoms with Gasteiger partial charge in [-0.15, -0.1) is 0 Å². The van der Waals surface area contributed by atoms with Crippen molar-refractivity contribution in [1.82, 2.24) is 20.9 Å². The Hall–Kier alpha value is -1.30. The SMILES string of the molecule is CCNC(=O)NCC(=O)N1CCNCC1. The van der Waals surface area contributed by atoms with E-state index in [4.69, 9.17) is 0 Å². The third-order valence-corrected chi connectivity index (χ3v) is 2.21. The maximum absolute atomic E-state index is 11.6. The summed E-state index contributed by atoms with van der Waals surface area (Å²) in [5.74, 6) is -0.0252. The van der Waals surface area contributed by atoms with Crippen molar-refractivity contribution >= 4 is 11.9 Å². The second kappa shape index (κ2) is 6.23.